The van der Waals surface area contributed by atoms with Gasteiger partial charge in [-0.05, 0) is 44.0 Å². The molecule has 0 aliphatic heterocycles. The number of imidazole rings is 1. The molecule has 0 saturated heterocycles. The monoisotopic (exact) mass is 309 g/mol. The van der Waals surface area contributed by atoms with E-state index in [-0.39, 0.29) is 0 Å². The predicted octanol–water partition coefficient (Wildman–Crippen LogP) is 4.40. The second-order valence-corrected chi connectivity index (χ2v) is 5.74. The molecule has 120 valence electrons. The van der Waals surface area contributed by atoms with Crippen molar-refractivity contribution in [1.82, 2.24) is 9.55 Å². The van der Waals surface area contributed by atoms with Crippen molar-refractivity contribution < 1.29 is 4.74 Å². The van der Waals surface area contributed by atoms with E-state index >= 15 is 0 Å². The number of hydrogen-bond acceptors (Lipinski definition) is 3. The SMILES string of the molecule is CCCn1c(-c2ccc(C)c(N)c2)nc2cc(OCC)ccc21. The molecule has 23 heavy (non-hydrogen) atoms. The number of benzene rings is 2. The van der Waals surface area contributed by atoms with Gasteiger partial charge in [-0.3, -0.25) is 0 Å². The Hall–Kier alpha value is -2.49. The lowest BCUT2D eigenvalue weighted by molar-refractivity contribution is 0.340. The zero-order chi connectivity index (χ0) is 16.4. The van der Waals surface area contributed by atoms with Crippen LogP contribution in [0.1, 0.15) is 25.8 Å². The molecule has 2 N–H and O–H groups in total. The Morgan fingerprint density at radius 1 is 1.13 bits per heavy atom. The van der Waals surface area contributed by atoms with Crippen LogP contribution in [0.4, 0.5) is 5.69 Å². The number of nitrogens with zero attached hydrogens (tertiary/aromatic N) is 2. The smallest absolute Gasteiger partial charge is 0.141 e. The Balaban J connectivity index is 2.17. The van der Waals surface area contributed by atoms with E-state index in [1.807, 2.05) is 38.1 Å². The summed E-state index contributed by atoms with van der Waals surface area (Å²) < 4.78 is 7.85. The molecule has 0 radical (unpaired) electrons. The summed E-state index contributed by atoms with van der Waals surface area (Å²) in [4.78, 5) is 4.84. The van der Waals surface area contributed by atoms with Gasteiger partial charge in [0.05, 0.1) is 17.6 Å². The van der Waals surface area contributed by atoms with Gasteiger partial charge in [0.1, 0.15) is 11.6 Å². The Bertz CT molecular complexity index is 836. The topological polar surface area (TPSA) is 53.1 Å². The van der Waals surface area contributed by atoms with E-state index in [9.17, 15) is 0 Å². The van der Waals surface area contributed by atoms with Crippen molar-refractivity contribution in [2.24, 2.45) is 0 Å². The molecule has 1 aromatic heterocycles. The number of rotatable bonds is 5. The van der Waals surface area contributed by atoms with Crippen LogP contribution in [0.15, 0.2) is 36.4 Å². The van der Waals surface area contributed by atoms with E-state index in [2.05, 4.69) is 23.6 Å². The van der Waals surface area contributed by atoms with Crippen LogP contribution in [0.5, 0.6) is 5.75 Å². The van der Waals surface area contributed by atoms with Crippen molar-refractivity contribution >= 4 is 16.7 Å². The molecule has 0 saturated carbocycles. The third-order valence-electron chi connectivity index (χ3n) is 4.02. The van der Waals surface area contributed by atoms with E-state index in [0.29, 0.717) is 6.61 Å². The number of aromatic nitrogens is 2. The van der Waals surface area contributed by atoms with Gasteiger partial charge in [0.2, 0.25) is 0 Å². The highest BCUT2D eigenvalue weighted by Crippen LogP contribution is 2.29. The van der Waals surface area contributed by atoms with E-state index in [1.165, 1.54) is 0 Å². The van der Waals surface area contributed by atoms with Crippen LogP contribution in [0.3, 0.4) is 0 Å². The molecule has 0 aliphatic carbocycles. The Labute approximate surface area is 136 Å². The first-order chi connectivity index (χ1) is 11.1. The summed E-state index contributed by atoms with van der Waals surface area (Å²) in [5.74, 6) is 1.82. The summed E-state index contributed by atoms with van der Waals surface area (Å²) in [6, 6.07) is 12.2. The molecule has 2 aromatic carbocycles. The van der Waals surface area contributed by atoms with E-state index in [4.69, 9.17) is 15.5 Å². The first kappa shape index (κ1) is 15.4. The van der Waals surface area contributed by atoms with Gasteiger partial charge >= 0.3 is 0 Å². The number of aryl methyl sites for hydroxylation is 2. The zero-order valence-electron chi connectivity index (χ0n) is 14.0. The summed E-state index contributed by atoms with van der Waals surface area (Å²) in [6.07, 6.45) is 1.05. The highest BCUT2D eigenvalue weighted by atomic mass is 16.5. The molecular formula is C19H23N3O. The van der Waals surface area contributed by atoms with Crippen LogP contribution >= 0.6 is 0 Å². The van der Waals surface area contributed by atoms with Gasteiger partial charge in [-0.25, -0.2) is 4.98 Å². The lowest BCUT2D eigenvalue weighted by Crippen LogP contribution is -2.00. The minimum absolute atomic E-state index is 0.655. The molecule has 0 bridgehead atoms. The molecule has 3 rings (SSSR count). The Morgan fingerprint density at radius 2 is 1.96 bits per heavy atom. The van der Waals surface area contributed by atoms with Gasteiger partial charge in [-0.2, -0.15) is 0 Å². The van der Waals surface area contributed by atoms with Crippen LogP contribution in [0, 0.1) is 6.92 Å². The van der Waals surface area contributed by atoms with Gasteiger partial charge in [-0.15, -0.1) is 0 Å². The number of nitrogen functional groups attached to an aromatic ring is 1. The molecule has 1 heterocycles. The summed E-state index contributed by atoms with van der Waals surface area (Å²) in [6.45, 7) is 7.76. The quantitative estimate of drug-likeness (QED) is 0.711. The van der Waals surface area contributed by atoms with E-state index in [0.717, 1.165) is 52.4 Å². The van der Waals surface area contributed by atoms with Crippen LogP contribution in [0.25, 0.3) is 22.4 Å². The van der Waals surface area contributed by atoms with E-state index in [1.54, 1.807) is 0 Å². The maximum absolute atomic E-state index is 6.08. The summed E-state index contributed by atoms with van der Waals surface area (Å²) in [5.41, 5.74) is 11.1. The molecule has 3 aromatic rings. The Kier molecular flexibility index (Phi) is 4.24. The lowest BCUT2D eigenvalue weighted by atomic mass is 10.1. The Morgan fingerprint density at radius 3 is 2.65 bits per heavy atom. The first-order valence-electron chi connectivity index (χ1n) is 8.13. The fourth-order valence-corrected chi connectivity index (χ4v) is 2.82. The number of fused-ring (bicyclic) bond motifs is 1. The van der Waals surface area contributed by atoms with Gasteiger partial charge in [-0.1, -0.05) is 19.1 Å². The fourth-order valence-electron chi connectivity index (χ4n) is 2.82. The van der Waals surface area contributed by atoms with Crippen LogP contribution in [0.2, 0.25) is 0 Å². The number of hydrogen-bond donors (Lipinski definition) is 1. The van der Waals surface area contributed by atoms with Gasteiger partial charge in [0.25, 0.3) is 0 Å². The predicted molar refractivity (Wildman–Crippen MR) is 95.8 cm³/mol. The maximum atomic E-state index is 6.08. The minimum Gasteiger partial charge on any atom is -0.494 e. The van der Waals surface area contributed by atoms with Crippen molar-refractivity contribution in [3.8, 4) is 17.1 Å². The largest absolute Gasteiger partial charge is 0.494 e. The molecule has 0 spiro atoms. The molecule has 0 amide bonds. The number of anilines is 1. The maximum Gasteiger partial charge on any atom is 0.141 e. The van der Waals surface area contributed by atoms with Gasteiger partial charge < -0.3 is 15.0 Å². The summed E-state index contributed by atoms with van der Waals surface area (Å²) >= 11 is 0. The number of nitrogens with two attached hydrogens (primary N) is 1. The van der Waals surface area contributed by atoms with Crippen molar-refractivity contribution in [3.05, 3.63) is 42.0 Å². The van der Waals surface area contributed by atoms with Crippen LogP contribution in [-0.4, -0.2) is 16.2 Å². The molecule has 4 nitrogen and oxygen atoms in total. The average Bonchev–Trinajstić information content (AvgIpc) is 2.89. The highest BCUT2D eigenvalue weighted by molar-refractivity contribution is 5.82. The minimum atomic E-state index is 0.655. The van der Waals surface area contributed by atoms with Gasteiger partial charge in [0.15, 0.2) is 0 Å². The normalized spacial score (nSPS) is 11.1. The van der Waals surface area contributed by atoms with Crippen LogP contribution < -0.4 is 10.5 Å². The van der Waals surface area contributed by atoms with Crippen molar-refractivity contribution in [1.29, 1.82) is 0 Å². The molecular weight excluding hydrogens is 286 g/mol. The second kappa shape index (κ2) is 6.32. The average molecular weight is 309 g/mol. The molecule has 0 fully saturated rings. The molecule has 0 aliphatic rings. The zero-order valence-corrected chi connectivity index (χ0v) is 14.0. The number of ether oxygens (including phenoxy) is 1. The summed E-state index contributed by atoms with van der Waals surface area (Å²) in [5, 5.41) is 0. The van der Waals surface area contributed by atoms with E-state index < -0.39 is 0 Å². The third-order valence-corrected chi connectivity index (χ3v) is 4.02. The third kappa shape index (κ3) is 2.89. The molecule has 0 unspecified atom stereocenters. The summed E-state index contributed by atoms with van der Waals surface area (Å²) in [7, 11) is 0. The standard InChI is InChI=1S/C19H23N3O/c1-4-10-22-18-9-8-15(23-5-2)12-17(18)21-19(22)14-7-6-13(3)16(20)11-14/h6-9,11-12H,4-5,10,20H2,1-3H3. The van der Waals surface area contributed by atoms with Gasteiger partial charge in [0, 0.05) is 23.9 Å². The van der Waals surface area contributed by atoms with Crippen LogP contribution in [-0.2, 0) is 6.54 Å². The van der Waals surface area contributed by atoms with Crippen molar-refractivity contribution in [2.45, 2.75) is 33.7 Å². The lowest BCUT2D eigenvalue weighted by Gasteiger charge is -2.09. The highest BCUT2D eigenvalue weighted by Gasteiger charge is 2.13. The fraction of sp³-hybridized carbons (Fsp3) is 0.316. The molecule has 0 atom stereocenters. The van der Waals surface area contributed by atoms with Crippen molar-refractivity contribution in [3.63, 3.8) is 0 Å². The first-order valence-corrected chi connectivity index (χ1v) is 8.13. The van der Waals surface area contributed by atoms with Crippen molar-refractivity contribution in [2.75, 3.05) is 12.3 Å². The molecule has 4 heteroatoms. The second-order valence-electron chi connectivity index (χ2n) is 5.74.